The predicted octanol–water partition coefficient (Wildman–Crippen LogP) is 3.90. The fourth-order valence-electron chi connectivity index (χ4n) is 2.95. The maximum absolute atomic E-state index is 12.1. The highest BCUT2D eigenvalue weighted by Gasteiger charge is 2.27. The third kappa shape index (κ3) is 4.49. The molecule has 5 nitrogen and oxygen atoms in total. The number of carbonyl (C=O) groups is 2. The molecule has 1 fully saturated rings. The molecule has 0 bridgehead atoms. The Morgan fingerprint density at radius 3 is 2.33 bits per heavy atom. The molecular weight excluding hydrogens is 306 g/mol. The summed E-state index contributed by atoms with van der Waals surface area (Å²) in [5, 5.41) is 0. The molecule has 1 heterocycles. The lowest BCUT2D eigenvalue weighted by molar-refractivity contribution is 0.0205. The minimum Gasteiger partial charge on any atom is -0.465 e. The van der Waals surface area contributed by atoms with Crippen LogP contribution in [0, 0.1) is 6.92 Å². The average Bonchev–Trinajstić information content (AvgIpc) is 2.53. The second-order valence-electron chi connectivity index (χ2n) is 7.31. The van der Waals surface area contributed by atoms with Gasteiger partial charge in [0, 0.05) is 13.1 Å². The molecule has 1 aromatic carbocycles. The van der Waals surface area contributed by atoms with Crippen LogP contribution in [0.25, 0.3) is 0 Å². The van der Waals surface area contributed by atoms with Crippen molar-refractivity contribution in [3.63, 3.8) is 0 Å². The van der Waals surface area contributed by atoms with Crippen molar-refractivity contribution in [3.8, 4) is 0 Å². The molecule has 24 heavy (non-hydrogen) atoms. The van der Waals surface area contributed by atoms with Crippen LogP contribution in [0.2, 0.25) is 0 Å². The second-order valence-corrected chi connectivity index (χ2v) is 7.31. The number of ether oxygens (including phenoxy) is 2. The van der Waals surface area contributed by atoms with Crippen molar-refractivity contribution in [2.24, 2.45) is 0 Å². The summed E-state index contributed by atoms with van der Waals surface area (Å²) in [5.74, 6) is 0.0354. The first kappa shape index (κ1) is 18.3. The van der Waals surface area contributed by atoms with Crippen LogP contribution in [-0.4, -0.2) is 42.8 Å². The summed E-state index contributed by atoms with van der Waals surface area (Å²) in [4.78, 5) is 25.7. The highest BCUT2D eigenvalue weighted by molar-refractivity contribution is 5.91. The number of nitrogens with zero attached hydrogens (tertiary/aromatic N) is 1. The van der Waals surface area contributed by atoms with Crippen molar-refractivity contribution in [2.45, 2.75) is 52.1 Å². The topological polar surface area (TPSA) is 55.8 Å². The van der Waals surface area contributed by atoms with Crippen molar-refractivity contribution in [2.75, 3.05) is 20.2 Å². The Kier molecular flexibility index (Phi) is 5.52. The fourth-order valence-corrected chi connectivity index (χ4v) is 2.95. The van der Waals surface area contributed by atoms with Crippen molar-refractivity contribution in [3.05, 3.63) is 34.9 Å². The lowest BCUT2D eigenvalue weighted by Gasteiger charge is -2.33. The Labute approximate surface area is 143 Å². The number of likely N-dealkylation sites (tertiary alicyclic amines) is 1. The Hall–Kier alpha value is -2.04. The molecule has 0 unspecified atom stereocenters. The average molecular weight is 333 g/mol. The largest absolute Gasteiger partial charge is 0.465 e. The van der Waals surface area contributed by atoms with E-state index in [-0.39, 0.29) is 12.1 Å². The molecule has 0 aliphatic carbocycles. The van der Waals surface area contributed by atoms with Crippen LogP contribution < -0.4 is 0 Å². The van der Waals surface area contributed by atoms with E-state index >= 15 is 0 Å². The van der Waals surface area contributed by atoms with Gasteiger partial charge in [-0.25, -0.2) is 9.59 Å². The number of rotatable bonds is 2. The van der Waals surface area contributed by atoms with E-state index in [1.165, 1.54) is 7.11 Å². The lowest BCUT2D eigenvalue weighted by atomic mass is 9.88. The zero-order chi connectivity index (χ0) is 17.9. The van der Waals surface area contributed by atoms with E-state index in [0.717, 1.165) is 24.0 Å². The van der Waals surface area contributed by atoms with E-state index in [2.05, 4.69) is 6.07 Å². The Morgan fingerprint density at radius 1 is 1.17 bits per heavy atom. The Balaban J connectivity index is 2.02. The van der Waals surface area contributed by atoms with Gasteiger partial charge in [-0.15, -0.1) is 0 Å². The number of benzene rings is 1. The lowest BCUT2D eigenvalue weighted by Crippen LogP contribution is -2.41. The normalized spacial score (nSPS) is 16.0. The van der Waals surface area contributed by atoms with E-state index in [1.807, 2.05) is 39.8 Å². The fraction of sp³-hybridized carbons (Fsp3) is 0.579. The smallest absolute Gasteiger partial charge is 0.410 e. The molecule has 1 amide bonds. The van der Waals surface area contributed by atoms with Gasteiger partial charge < -0.3 is 14.4 Å². The number of hydrogen-bond donors (Lipinski definition) is 0. The molecule has 0 aromatic heterocycles. The summed E-state index contributed by atoms with van der Waals surface area (Å²) in [7, 11) is 1.40. The summed E-state index contributed by atoms with van der Waals surface area (Å²) in [6, 6.07) is 5.95. The maximum Gasteiger partial charge on any atom is 0.410 e. The molecule has 1 aliphatic heterocycles. The summed E-state index contributed by atoms with van der Waals surface area (Å²) in [6.07, 6.45) is 1.48. The van der Waals surface area contributed by atoms with Crippen LogP contribution in [0.1, 0.15) is 61.0 Å². The zero-order valence-corrected chi connectivity index (χ0v) is 15.2. The number of esters is 1. The van der Waals surface area contributed by atoms with Gasteiger partial charge in [-0.1, -0.05) is 12.1 Å². The van der Waals surface area contributed by atoms with E-state index in [0.29, 0.717) is 24.6 Å². The van der Waals surface area contributed by atoms with Crippen molar-refractivity contribution >= 4 is 12.1 Å². The molecular formula is C19H27NO4. The molecule has 5 heteroatoms. The van der Waals surface area contributed by atoms with Gasteiger partial charge in [-0.05, 0) is 63.6 Å². The van der Waals surface area contributed by atoms with E-state index in [1.54, 1.807) is 4.90 Å². The van der Waals surface area contributed by atoms with E-state index < -0.39 is 5.60 Å². The van der Waals surface area contributed by atoms with Gasteiger partial charge in [0.15, 0.2) is 0 Å². The van der Waals surface area contributed by atoms with Crippen LogP contribution >= 0.6 is 0 Å². The molecule has 0 N–H and O–H groups in total. The number of carbonyl (C=O) groups excluding carboxylic acids is 2. The molecule has 0 atom stereocenters. The second kappa shape index (κ2) is 7.24. The van der Waals surface area contributed by atoms with Crippen LogP contribution in [-0.2, 0) is 9.47 Å². The third-order valence-corrected chi connectivity index (χ3v) is 4.28. The van der Waals surface area contributed by atoms with Crippen molar-refractivity contribution in [1.82, 2.24) is 4.90 Å². The van der Waals surface area contributed by atoms with Crippen LogP contribution in [0.3, 0.4) is 0 Å². The van der Waals surface area contributed by atoms with Gasteiger partial charge in [-0.3, -0.25) is 0 Å². The third-order valence-electron chi connectivity index (χ3n) is 4.28. The Bertz CT molecular complexity index is 610. The number of hydrogen-bond acceptors (Lipinski definition) is 4. The van der Waals surface area contributed by atoms with Gasteiger partial charge in [-0.2, -0.15) is 0 Å². The monoisotopic (exact) mass is 333 g/mol. The molecule has 1 saturated heterocycles. The number of aryl methyl sites for hydroxylation is 1. The number of piperidine rings is 1. The zero-order valence-electron chi connectivity index (χ0n) is 15.2. The minimum absolute atomic E-state index is 0.250. The predicted molar refractivity (Wildman–Crippen MR) is 92.3 cm³/mol. The van der Waals surface area contributed by atoms with Crippen LogP contribution in [0.15, 0.2) is 18.2 Å². The molecule has 132 valence electrons. The molecule has 0 radical (unpaired) electrons. The minimum atomic E-state index is -0.472. The highest BCUT2D eigenvalue weighted by Crippen LogP contribution is 2.30. The van der Waals surface area contributed by atoms with Crippen molar-refractivity contribution in [1.29, 1.82) is 0 Å². The van der Waals surface area contributed by atoms with Crippen molar-refractivity contribution < 1.29 is 19.1 Å². The SMILES string of the molecule is COC(=O)c1cc(C2CCN(C(=O)OC(C)(C)C)CC2)ccc1C. The molecule has 1 aliphatic rings. The van der Waals surface area contributed by atoms with Gasteiger partial charge in [0.1, 0.15) is 5.60 Å². The first-order valence-electron chi connectivity index (χ1n) is 8.38. The van der Waals surface area contributed by atoms with Gasteiger partial charge in [0.25, 0.3) is 0 Å². The van der Waals surface area contributed by atoms with Crippen LogP contribution in [0.4, 0.5) is 4.79 Å². The van der Waals surface area contributed by atoms with Gasteiger partial charge in [0.05, 0.1) is 12.7 Å². The van der Waals surface area contributed by atoms with E-state index in [4.69, 9.17) is 9.47 Å². The highest BCUT2D eigenvalue weighted by atomic mass is 16.6. The Morgan fingerprint density at radius 2 is 1.79 bits per heavy atom. The molecule has 0 spiro atoms. The first-order valence-corrected chi connectivity index (χ1v) is 8.38. The summed E-state index contributed by atoms with van der Waals surface area (Å²) >= 11 is 0. The quantitative estimate of drug-likeness (QED) is 0.770. The van der Waals surface area contributed by atoms with Gasteiger partial charge >= 0.3 is 12.1 Å². The summed E-state index contributed by atoms with van der Waals surface area (Å²) < 4.78 is 10.3. The first-order chi connectivity index (χ1) is 11.2. The van der Waals surface area contributed by atoms with E-state index in [9.17, 15) is 9.59 Å². The standard InChI is InChI=1S/C19H27NO4/c1-13-6-7-15(12-16(13)17(21)23-5)14-8-10-20(11-9-14)18(22)24-19(2,3)4/h6-7,12,14H,8-11H2,1-5H3. The van der Waals surface area contributed by atoms with Gasteiger partial charge in [0.2, 0.25) is 0 Å². The number of amides is 1. The molecule has 0 saturated carbocycles. The number of methoxy groups -OCH3 is 1. The molecule has 2 rings (SSSR count). The maximum atomic E-state index is 12.1. The summed E-state index contributed by atoms with van der Waals surface area (Å²) in [6.45, 7) is 8.86. The summed E-state index contributed by atoms with van der Waals surface area (Å²) in [5.41, 5.74) is 2.19. The molecule has 1 aromatic rings. The van der Waals surface area contributed by atoms with Crippen LogP contribution in [0.5, 0.6) is 0 Å².